The van der Waals surface area contributed by atoms with Crippen molar-refractivity contribution in [1.82, 2.24) is 9.80 Å². The fraction of sp³-hybridized carbons (Fsp3) is 0.947. The van der Waals surface area contributed by atoms with Crippen molar-refractivity contribution >= 4 is 12.2 Å². The molecule has 0 bridgehead atoms. The van der Waals surface area contributed by atoms with Crippen LogP contribution in [0.15, 0.2) is 0 Å². The molecule has 1 heterocycles. The number of amides is 2. The highest BCUT2D eigenvalue weighted by molar-refractivity contribution is 5.68. The highest BCUT2D eigenvalue weighted by Gasteiger charge is 2.83. The summed E-state index contributed by atoms with van der Waals surface area (Å²) in [6.45, 7) is 17.8. The third-order valence-corrected chi connectivity index (χ3v) is 15.8. The van der Waals surface area contributed by atoms with E-state index in [0.29, 0.717) is 34.5 Å². The molecule has 0 aromatic rings. The SMILES string of the molecule is COC(C[C@@H](C)C1C[C@H](O)[C@@]2(C)C3CC[C@H]4C(C)(C)[C@@H](OC(=O)N(C)C)CC[C@@]45CC35CC[C@]12C)[C@H](OC(=O)N1CCC1)C(C)C. The molecule has 262 valence electrons. The highest BCUT2D eigenvalue weighted by atomic mass is 16.6. The maximum Gasteiger partial charge on any atom is 0.410 e. The maximum atomic E-state index is 12.8. The van der Waals surface area contributed by atoms with Crippen molar-refractivity contribution in [3.05, 3.63) is 0 Å². The van der Waals surface area contributed by atoms with E-state index in [0.717, 1.165) is 64.5 Å². The Bertz CT molecular complexity index is 1190. The predicted molar refractivity (Wildman–Crippen MR) is 178 cm³/mol. The number of fused-ring (bicyclic) bond motifs is 2. The fourth-order valence-corrected chi connectivity index (χ4v) is 12.9. The number of methoxy groups -OCH3 is 1. The molecule has 2 amide bonds. The molecule has 1 saturated heterocycles. The average Bonchev–Trinajstić information content (AvgIpc) is 3.57. The summed E-state index contributed by atoms with van der Waals surface area (Å²) < 4.78 is 18.3. The molecule has 12 atom stereocenters. The Morgan fingerprint density at radius 1 is 0.957 bits per heavy atom. The molecule has 46 heavy (non-hydrogen) atoms. The summed E-state index contributed by atoms with van der Waals surface area (Å²) in [4.78, 5) is 28.7. The first-order valence-corrected chi connectivity index (χ1v) is 18.5. The van der Waals surface area contributed by atoms with Gasteiger partial charge in [0.2, 0.25) is 0 Å². The van der Waals surface area contributed by atoms with Gasteiger partial charge in [-0.3, -0.25) is 0 Å². The van der Waals surface area contributed by atoms with Crippen LogP contribution >= 0.6 is 0 Å². The zero-order valence-electron chi connectivity index (χ0n) is 30.6. The van der Waals surface area contributed by atoms with E-state index < -0.39 is 0 Å². The summed E-state index contributed by atoms with van der Waals surface area (Å²) in [7, 11) is 5.29. The summed E-state index contributed by atoms with van der Waals surface area (Å²) in [6, 6.07) is 0. The van der Waals surface area contributed by atoms with Crippen LogP contribution in [0.1, 0.15) is 113 Å². The third kappa shape index (κ3) is 4.71. The van der Waals surface area contributed by atoms with Gasteiger partial charge >= 0.3 is 12.2 Å². The Kier molecular flexibility index (Phi) is 8.60. The van der Waals surface area contributed by atoms with Gasteiger partial charge in [0.15, 0.2) is 0 Å². The Balaban J connectivity index is 1.20. The largest absolute Gasteiger partial charge is 0.446 e. The van der Waals surface area contributed by atoms with Crippen LogP contribution in [0.3, 0.4) is 0 Å². The number of aliphatic hydroxyl groups excluding tert-OH is 1. The first-order chi connectivity index (χ1) is 21.5. The number of aliphatic hydroxyl groups is 1. The normalized spacial score (nSPS) is 44.0. The minimum atomic E-state index is -0.321. The average molecular weight is 645 g/mol. The van der Waals surface area contributed by atoms with Crippen molar-refractivity contribution in [2.75, 3.05) is 34.3 Å². The lowest BCUT2D eigenvalue weighted by atomic mass is 9.41. The van der Waals surface area contributed by atoms with E-state index in [1.165, 1.54) is 12.8 Å². The first-order valence-electron chi connectivity index (χ1n) is 18.5. The summed E-state index contributed by atoms with van der Waals surface area (Å²) >= 11 is 0. The van der Waals surface area contributed by atoms with E-state index in [4.69, 9.17) is 14.2 Å². The quantitative estimate of drug-likeness (QED) is 0.297. The van der Waals surface area contributed by atoms with Gasteiger partial charge in [-0.05, 0) is 110 Å². The van der Waals surface area contributed by atoms with Gasteiger partial charge in [0.25, 0.3) is 0 Å². The molecule has 6 rings (SSSR count). The van der Waals surface area contributed by atoms with Gasteiger partial charge in [0.05, 0.1) is 12.2 Å². The van der Waals surface area contributed by atoms with Crippen LogP contribution in [0.5, 0.6) is 0 Å². The van der Waals surface area contributed by atoms with Crippen LogP contribution in [-0.4, -0.2) is 85.8 Å². The Labute approximate surface area is 278 Å². The molecule has 0 aromatic heterocycles. The van der Waals surface area contributed by atoms with E-state index in [2.05, 4.69) is 48.5 Å². The molecule has 6 aliphatic rings. The van der Waals surface area contributed by atoms with Gasteiger partial charge in [-0.15, -0.1) is 0 Å². The number of rotatable bonds is 8. The van der Waals surface area contributed by atoms with Gasteiger partial charge in [0, 0.05) is 45.1 Å². The summed E-state index contributed by atoms with van der Waals surface area (Å²) in [5.41, 5.74) is 0.431. The van der Waals surface area contributed by atoms with Gasteiger partial charge in [0.1, 0.15) is 12.2 Å². The molecular formula is C38H64N2O6. The van der Waals surface area contributed by atoms with Crippen molar-refractivity contribution in [3.8, 4) is 0 Å². The molecule has 8 heteroatoms. The van der Waals surface area contributed by atoms with Crippen LogP contribution < -0.4 is 0 Å². The van der Waals surface area contributed by atoms with E-state index in [-0.39, 0.29) is 58.8 Å². The van der Waals surface area contributed by atoms with Gasteiger partial charge in [-0.1, -0.05) is 48.5 Å². The molecule has 1 aliphatic heterocycles. The van der Waals surface area contributed by atoms with E-state index in [1.807, 2.05) is 0 Å². The number of ether oxygens (including phenoxy) is 3. The van der Waals surface area contributed by atoms with Gasteiger partial charge in [-0.25, -0.2) is 9.59 Å². The molecule has 1 N–H and O–H groups in total. The van der Waals surface area contributed by atoms with Gasteiger partial charge < -0.3 is 29.1 Å². The number of hydrogen-bond acceptors (Lipinski definition) is 6. The number of carbonyl (C=O) groups is 2. The Morgan fingerprint density at radius 2 is 1.61 bits per heavy atom. The Morgan fingerprint density at radius 3 is 2.20 bits per heavy atom. The van der Waals surface area contributed by atoms with Crippen LogP contribution in [0.25, 0.3) is 0 Å². The monoisotopic (exact) mass is 644 g/mol. The lowest BCUT2D eigenvalue weighted by Crippen LogP contribution is -2.60. The van der Waals surface area contributed by atoms with Crippen molar-refractivity contribution in [2.45, 2.75) is 137 Å². The summed E-state index contributed by atoms with van der Waals surface area (Å²) in [5.74, 6) is 1.92. The second-order valence-corrected chi connectivity index (χ2v) is 18.3. The van der Waals surface area contributed by atoms with Crippen LogP contribution in [0.4, 0.5) is 9.59 Å². The minimum Gasteiger partial charge on any atom is -0.446 e. The first kappa shape index (κ1) is 34.3. The minimum absolute atomic E-state index is 0.0340. The van der Waals surface area contributed by atoms with Crippen molar-refractivity contribution in [3.63, 3.8) is 0 Å². The molecule has 4 unspecified atom stereocenters. The van der Waals surface area contributed by atoms with E-state index in [1.54, 1.807) is 31.0 Å². The van der Waals surface area contributed by atoms with Crippen molar-refractivity contribution in [2.24, 2.45) is 56.7 Å². The lowest BCUT2D eigenvalue weighted by molar-refractivity contribution is -0.183. The standard InChI is InChI=1S/C38H64N2O6/c1-23(2)31(46-33(43)40-18-11-19-40)26(44-10)20-24(3)25-21-29(41)36(7)28-13-12-27-34(4,5)30(45-32(42)39(8)9)14-15-37(27)22-38(28,37)17-16-35(25,36)6/h23-31,41H,11-22H2,1-10H3/t24-,25?,26?,27+,28?,29+,30+,31-,35-,36-,37-,38?/m1/s1. The molecule has 5 aliphatic carbocycles. The van der Waals surface area contributed by atoms with Crippen LogP contribution in [0, 0.1) is 56.7 Å². The molecule has 0 aromatic carbocycles. The lowest BCUT2D eigenvalue weighted by Gasteiger charge is -2.64. The molecule has 6 fully saturated rings. The fourth-order valence-electron chi connectivity index (χ4n) is 12.9. The van der Waals surface area contributed by atoms with Crippen molar-refractivity contribution < 1.29 is 28.9 Å². The number of carbonyl (C=O) groups excluding carboxylic acids is 2. The third-order valence-electron chi connectivity index (χ3n) is 15.8. The Hall–Kier alpha value is -1.54. The molecule has 2 spiro atoms. The van der Waals surface area contributed by atoms with E-state index in [9.17, 15) is 14.7 Å². The van der Waals surface area contributed by atoms with Crippen LogP contribution in [0.2, 0.25) is 0 Å². The second-order valence-electron chi connectivity index (χ2n) is 18.3. The van der Waals surface area contributed by atoms with Gasteiger partial charge in [-0.2, -0.15) is 0 Å². The second kappa shape index (κ2) is 11.5. The summed E-state index contributed by atoms with van der Waals surface area (Å²) in [5, 5.41) is 12.2. The molecule has 5 saturated carbocycles. The zero-order valence-corrected chi connectivity index (χ0v) is 30.6. The highest BCUT2D eigenvalue weighted by Crippen LogP contribution is 2.89. The summed E-state index contributed by atoms with van der Waals surface area (Å²) in [6.07, 6.45) is 9.45. The topological polar surface area (TPSA) is 88.5 Å². The van der Waals surface area contributed by atoms with Crippen LogP contribution in [-0.2, 0) is 14.2 Å². The van der Waals surface area contributed by atoms with E-state index >= 15 is 0 Å². The predicted octanol–water partition coefficient (Wildman–Crippen LogP) is 7.37. The molecule has 0 radical (unpaired) electrons. The number of likely N-dealkylation sites (tertiary alicyclic amines) is 1. The maximum absolute atomic E-state index is 12.8. The number of nitrogens with zero attached hydrogens (tertiary/aromatic N) is 2. The zero-order chi connectivity index (χ0) is 33.6. The van der Waals surface area contributed by atoms with Crippen molar-refractivity contribution in [1.29, 1.82) is 0 Å². The molecule has 8 nitrogen and oxygen atoms in total. The number of hydrogen-bond donors (Lipinski definition) is 1. The smallest absolute Gasteiger partial charge is 0.410 e. The molecular weight excluding hydrogens is 580 g/mol.